The van der Waals surface area contributed by atoms with Crippen LogP contribution >= 0.6 is 0 Å². The highest BCUT2D eigenvalue weighted by Crippen LogP contribution is 2.30. The quantitative estimate of drug-likeness (QED) is 0.493. The molecule has 6 heteroatoms. The molecule has 112 valence electrons. The summed E-state index contributed by atoms with van der Waals surface area (Å²) in [5.74, 6) is 2.23. The largest absolute Gasteiger partial charge is 0.269 e. The van der Waals surface area contributed by atoms with Gasteiger partial charge in [0, 0.05) is 12.1 Å². The predicted octanol–water partition coefficient (Wildman–Crippen LogP) is 3.05. The van der Waals surface area contributed by atoms with E-state index in [0.29, 0.717) is 0 Å². The molecule has 0 amide bonds. The molecule has 22 heavy (non-hydrogen) atoms. The van der Waals surface area contributed by atoms with Crippen LogP contribution in [0.2, 0.25) is 0 Å². The number of hydrogen-bond acceptors (Lipinski definition) is 4. The minimum atomic E-state index is -3.82. The summed E-state index contributed by atoms with van der Waals surface area (Å²) in [5, 5.41) is 9.56. The van der Waals surface area contributed by atoms with Crippen molar-refractivity contribution in [2.75, 3.05) is 0 Å². The third kappa shape index (κ3) is 3.00. The first kappa shape index (κ1) is 15.7. The zero-order chi connectivity index (χ0) is 16.3. The van der Waals surface area contributed by atoms with Crippen LogP contribution in [0.5, 0.6) is 0 Å². The van der Waals surface area contributed by atoms with Gasteiger partial charge >= 0.3 is 0 Å². The molecule has 0 saturated heterocycles. The van der Waals surface area contributed by atoms with Crippen LogP contribution in [0.3, 0.4) is 0 Å². The highest BCUT2D eigenvalue weighted by Gasteiger charge is 2.28. The Labute approximate surface area is 128 Å². The van der Waals surface area contributed by atoms with Gasteiger partial charge in [-0.2, -0.15) is 0 Å². The van der Waals surface area contributed by atoms with E-state index in [-0.39, 0.29) is 16.1 Å². The average molecular weight is 315 g/mol. The summed E-state index contributed by atoms with van der Waals surface area (Å²) < 4.78 is 25.3. The van der Waals surface area contributed by atoms with Crippen molar-refractivity contribution in [2.24, 2.45) is 0 Å². The van der Waals surface area contributed by atoms with Gasteiger partial charge in [0.2, 0.25) is 0 Å². The summed E-state index contributed by atoms with van der Waals surface area (Å²) in [6.45, 7) is 1.84. The standard InChI is InChI=1S/C16H13NO4S/c1-3-16(13-5-4-6-14(11-13)17(18)19)22(20,21)15-9-7-12(2)8-10-15/h1,4-11,16H,2H3. The zero-order valence-corrected chi connectivity index (χ0v) is 12.6. The first-order chi connectivity index (χ1) is 10.4. The van der Waals surface area contributed by atoms with E-state index in [1.807, 2.05) is 6.92 Å². The van der Waals surface area contributed by atoms with Crippen molar-refractivity contribution in [3.63, 3.8) is 0 Å². The van der Waals surface area contributed by atoms with Crippen LogP contribution in [0.4, 0.5) is 5.69 Å². The molecule has 0 fully saturated rings. The minimum Gasteiger partial charge on any atom is -0.258 e. The number of hydrogen-bond donors (Lipinski definition) is 0. The van der Waals surface area contributed by atoms with E-state index in [4.69, 9.17) is 6.42 Å². The average Bonchev–Trinajstić information content (AvgIpc) is 2.48. The summed E-state index contributed by atoms with van der Waals surface area (Å²) in [6.07, 6.45) is 5.39. The molecule has 0 aromatic heterocycles. The summed E-state index contributed by atoms with van der Waals surface area (Å²) in [5.41, 5.74) is 0.931. The van der Waals surface area contributed by atoms with Crippen LogP contribution in [-0.4, -0.2) is 13.3 Å². The molecule has 0 aliphatic heterocycles. The van der Waals surface area contributed by atoms with E-state index >= 15 is 0 Å². The number of non-ortho nitro benzene ring substituents is 1. The fourth-order valence-corrected chi connectivity index (χ4v) is 3.50. The van der Waals surface area contributed by atoms with Crippen molar-refractivity contribution in [3.8, 4) is 12.3 Å². The second-order valence-electron chi connectivity index (χ2n) is 4.76. The maximum absolute atomic E-state index is 12.6. The fraction of sp³-hybridized carbons (Fsp3) is 0.125. The molecule has 0 aliphatic rings. The Morgan fingerprint density at radius 3 is 2.36 bits per heavy atom. The van der Waals surface area contributed by atoms with Crippen LogP contribution < -0.4 is 0 Å². The molecule has 1 atom stereocenters. The van der Waals surface area contributed by atoms with Crippen molar-refractivity contribution in [3.05, 3.63) is 69.8 Å². The summed E-state index contributed by atoms with van der Waals surface area (Å²) in [6, 6.07) is 11.7. The first-order valence-corrected chi connectivity index (χ1v) is 7.92. The third-order valence-electron chi connectivity index (χ3n) is 3.19. The first-order valence-electron chi connectivity index (χ1n) is 6.37. The highest BCUT2D eigenvalue weighted by atomic mass is 32.2. The lowest BCUT2D eigenvalue weighted by Gasteiger charge is -2.13. The lowest BCUT2D eigenvalue weighted by atomic mass is 10.1. The number of benzene rings is 2. The molecule has 0 heterocycles. The maximum atomic E-state index is 12.6. The Kier molecular flexibility index (Phi) is 4.29. The number of sulfone groups is 1. The normalized spacial score (nSPS) is 12.4. The van der Waals surface area contributed by atoms with Crippen molar-refractivity contribution in [1.29, 1.82) is 0 Å². The van der Waals surface area contributed by atoms with Gasteiger partial charge in [-0.25, -0.2) is 8.42 Å². The molecular formula is C16H13NO4S. The van der Waals surface area contributed by atoms with Crippen LogP contribution in [0.25, 0.3) is 0 Å². The van der Waals surface area contributed by atoms with Gasteiger partial charge in [-0.15, -0.1) is 6.42 Å². The van der Waals surface area contributed by atoms with E-state index in [1.54, 1.807) is 12.1 Å². The van der Waals surface area contributed by atoms with Crippen LogP contribution in [-0.2, 0) is 9.84 Å². The second kappa shape index (κ2) is 6.00. The molecule has 0 N–H and O–H groups in total. The van der Waals surface area contributed by atoms with Crippen LogP contribution in [0.15, 0.2) is 53.4 Å². The van der Waals surface area contributed by atoms with E-state index < -0.39 is 20.0 Å². The summed E-state index contributed by atoms with van der Waals surface area (Å²) in [7, 11) is -3.82. The van der Waals surface area contributed by atoms with E-state index in [1.165, 1.54) is 36.4 Å². The van der Waals surface area contributed by atoms with Gasteiger partial charge < -0.3 is 0 Å². The second-order valence-corrected chi connectivity index (χ2v) is 6.79. The Hall–Kier alpha value is -2.65. The van der Waals surface area contributed by atoms with Crippen LogP contribution in [0, 0.1) is 29.4 Å². The molecule has 0 spiro atoms. The Bertz CT molecular complexity index is 848. The molecule has 2 aromatic carbocycles. The molecule has 0 radical (unpaired) electrons. The van der Waals surface area contributed by atoms with Crippen LogP contribution in [0.1, 0.15) is 16.4 Å². The molecule has 1 unspecified atom stereocenters. The maximum Gasteiger partial charge on any atom is 0.269 e. The minimum absolute atomic E-state index is 0.0903. The van der Waals surface area contributed by atoms with Gasteiger partial charge in [0.15, 0.2) is 15.1 Å². The third-order valence-corrected chi connectivity index (χ3v) is 5.15. The van der Waals surface area contributed by atoms with Gasteiger partial charge in [0.1, 0.15) is 0 Å². The van der Waals surface area contributed by atoms with Gasteiger partial charge in [0.25, 0.3) is 5.69 Å². The number of rotatable bonds is 4. The Balaban J connectivity index is 2.52. The van der Waals surface area contributed by atoms with Gasteiger partial charge in [0.05, 0.1) is 9.82 Å². The fourth-order valence-electron chi connectivity index (χ4n) is 2.03. The SMILES string of the molecule is C#CC(c1cccc([N+](=O)[O-])c1)S(=O)(=O)c1ccc(C)cc1. The van der Waals surface area contributed by atoms with Crippen molar-refractivity contribution in [1.82, 2.24) is 0 Å². The highest BCUT2D eigenvalue weighted by molar-refractivity contribution is 7.92. The lowest BCUT2D eigenvalue weighted by molar-refractivity contribution is -0.384. The van der Waals surface area contributed by atoms with Gasteiger partial charge in [-0.3, -0.25) is 10.1 Å². The zero-order valence-electron chi connectivity index (χ0n) is 11.8. The molecule has 0 bridgehead atoms. The Morgan fingerprint density at radius 1 is 1.18 bits per heavy atom. The number of terminal acetylenes is 1. The summed E-state index contributed by atoms with van der Waals surface area (Å²) in [4.78, 5) is 10.3. The van der Waals surface area contributed by atoms with Crippen molar-refractivity contribution < 1.29 is 13.3 Å². The van der Waals surface area contributed by atoms with Crippen molar-refractivity contribution in [2.45, 2.75) is 17.1 Å². The number of nitro benzene ring substituents is 1. The number of nitrogens with zero attached hydrogens (tertiary/aromatic N) is 1. The van der Waals surface area contributed by atoms with E-state index in [2.05, 4.69) is 5.92 Å². The molecule has 5 nitrogen and oxygen atoms in total. The predicted molar refractivity (Wildman–Crippen MR) is 83.0 cm³/mol. The van der Waals surface area contributed by atoms with E-state index in [0.717, 1.165) is 5.56 Å². The molecular weight excluding hydrogens is 302 g/mol. The topological polar surface area (TPSA) is 77.3 Å². The lowest BCUT2D eigenvalue weighted by Crippen LogP contribution is -2.12. The molecule has 0 aliphatic carbocycles. The van der Waals surface area contributed by atoms with E-state index in [9.17, 15) is 18.5 Å². The number of aryl methyl sites for hydroxylation is 1. The Morgan fingerprint density at radius 2 is 1.82 bits per heavy atom. The van der Waals surface area contributed by atoms with Gasteiger partial charge in [-0.05, 0) is 24.6 Å². The molecule has 2 rings (SSSR count). The molecule has 0 saturated carbocycles. The summed E-state index contributed by atoms with van der Waals surface area (Å²) >= 11 is 0. The molecule has 2 aromatic rings. The smallest absolute Gasteiger partial charge is 0.258 e. The van der Waals surface area contributed by atoms with Crippen molar-refractivity contribution >= 4 is 15.5 Å². The monoisotopic (exact) mass is 315 g/mol. The van der Waals surface area contributed by atoms with Gasteiger partial charge in [-0.1, -0.05) is 35.7 Å². The number of nitro groups is 1.